The number of hydrogen-bond donors (Lipinski definition) is 2. The highest BCUT2D eigenvalue weighted by Gasteiger charge is 2.33. The van der Waals surface area contributed by atoms with E-state index in [-0.39, 0.29) is 5.60 Å². The molecule has 6 heteroatoms. The Morgan fingerprint density at radius 3 is 2.42 bits per heavy atom. The highest BCUT2D eigenvalue weighted by molar-refractivity contribution is 7.51. The molecule has 0 spiro atoms. The lowest BCUT2D eigenvalue weighted by Crippen LogP contribution is -2.35. The maximum atomic E-state index is 11.3. The lowest BCUT2D eigenvalue weighted by molar-refractivity contribution is 0.112. The van der Waals surface area contributed by atoms with E-state index >= 15 is 0 Å². The Balaban J connectivity index is 2.11. The number of fused-ring (bicyclic) bond motifs is 1. The molecule has 0 fully saturated rings. The molecule has 2 atom stereocenters. The molecule has 1 aromatic carbocycles. The minimum atomic E-state index is -4.23. The van der Waals surface area contributed by atoms with Crippen molar-refractivity contribution in [2.24, 2.45) is 11.8 Å². The topological polar surface area (TPSA) is 76.0 Å². The third-order valence-corrected chi connectivity index (χ3v) is 6.85. The van der Waals surface area contributed by atoms with E-state index in [0.717, 1.165) is 53.2 Å². The molecule has 2 unspecified atom stereocenters. The van der Waals surface area contributed by atoms with Crippen molar-refractivity contribution in [1.82, 2.24) is 0 Å². The minimum Gasteiger partial charge on any atom is -0.483 e. The zero-order valence-corrected chi connectivity index (χ0v) is 21.2. The van der Waals surface area contributed by atoms with Crippen molar-refractivity contribution in [2.45, 2.75) is 92.6 Å². The first-order chi connectivity index (χ1) is 14.3. The molecular formula is C25H41O5P. The van der Waals surface area contributed by atoms with Crippen LogP contribution in [0.25, 0.3) is 0 Å². The van der Waals surface area contributed by atoms with Crippen molar-refractivity contribution in [3.05, 3.63) is 34.4 Å². The largest absolute Gasteiger partial charge is 0.483 e. The van der Waals surface area contributed by atoms with Gasteiger partial charge in [-0.2, -0.15) is 0 Å². The molecule has 1 aliphatic rings. The summed E-state index contributed by atoms with van der Waals surface area (Å²) in [5.74, 6) is 2.91. The van der Waals surface area contributed by atoms with Crippen LogP contribution < -0.4 is 9.47 Å². The van der Waals surface area contributed by atoms with Crippen molar-refractivity contribution in [1.29, 1.82) is 0 Å². The summed E-state index contributed by atoms with van der Waals surface area (Å²) in [6, 6.07) is 0. The molecule has 2 rings (SSSR count). The van der Waals surface area contributed by atoms with Gasteiger partial charge in [0.2, 0.25) is 0 Å². The lowest BCUT2D eigenvalue weighted by Gasteiger charge is -2.36. The molecule has 31 heavy (non-hydrogen) atoms. The summed E-state index contributed by atoms with van der Waals surface area (Å²) < 4.78 is 23.3. The van der Waals surface area contributed by atoms with Crippen LogP contribution in [0.15, 0.2) is 12.2 Å². The first kappa shape index (κ1) is 26.0. The van der Waals surface area contributed by atoms with Crippen LogP contribution >= 0.6 is 7.60 Å². The molecule has 0 amide bonds. The number of benzene rings is 1. The van der Waals surface area contributed by atoms with Gasteiger partial charge in [-0.15, -0.1) is 0 Å². The molecule has 1 aromatic rings. The summed E-state index contributed by atoms with van der Waals surface area (Å²) in [4.78, 5) is 18.4. The second kappa shape index (κ2) is 10.6. The lowest BCUT2D eigenvalue weighted by atomic mass is 9.86. The number of hydrogen-bond acceptors (Lipinski definition) is 3. The Hall–Kier alpha value is -1.29. The normalized spacial score (nSPS) is 20.1. The predicted octanol–water partition coefficient (Wildman–Crippen LogP) is 6.62. The molecule has 176 valence electrons. The van der Waals surface area contributed by atoms with Crippen LogP contribution in [-0.2, 0) is 11.0 Å². The summed E-state index contributed by atoms with van der Waals surface area (Å²) in [7, 11) is -4.23. The van der Waals surface area contributed by atoms with Crippen molar-refractivity contribution in [2.75, 3.05) is 6.35 Å². The quantitative estimate of drug-likeness (QED) is 0.308. The van der Waals surface area contributed by atoms with Crippen molar-refractivity contribution in [3.8, 4) is 11.5 Å². The zero-order valence-electron chi connectivity index (χ0n) is 20.3. The second-order valence-corrected chi connectivity index (χ2v) is 11.5. The Morgan fingerprint density at radius 2 is 1.81 bits per heavy atom. The van der Waals surface area contributed by atoms with E-state index in [1.54, 1.807) is 0 Å². The number of ether oxygens (including phenoxy) is 2. The van der Waals surface area contributed by atoms with E-state index in [9.17, 15) is 14.4 Å². The van der Waals surface area contributed by atoms with E-state index in [1.807, 2.05) is 20.8 Å². The standard InChI is InChI=1S/C25H41O5P/c1-17(2)10-8-11-18(3)12-9-14-25(7)15-13-22-21(6)23(29-16-31(26,27)28)19(4)20(5)24(22)30-25/h9,14,17-18H,8,10-13,15-16H2,1-7H3,(H2,26,27,28)/b14-9+. The maximum absolute atomic E-state index is 11.3. The Labute approximate surface area is 188 Å². The first-order valence-corrected chi connectivity index (χ1v) is 13.3. The average Bonchev–Trinajstić information content (AvgIpc) is 2.65. The van der Waals surface area contributed by atoms with Gasteiger partial charge in [-0.1, -0.05) is 46.1 Å². The molecule has 0 radical (unpaired) electrons. The molecular weight excluding hydrogens is 411 g/mol. The van der Waals surface area contributed by atoms with Gasteiger partial charge in [-0.3, -0.25) is 4.57 Å². The molecule has 2 N–H and O–H groups in total. The van der Waals surface area contributed by atoms with E-state index in [4.69, 9.17) is 9.47 Å². The van der Waals surface area contributed by atoms with Crippen molar-refractivity contribution >= 4 is 7.60 Å². The molecule has 0 saturated heterocycles. The summed E-state index contributed by atoms with van der Waals surface area (Å²) in [5.41, 5.74) is 3.50. The highest BCUT2D eigenvalue weighted by atomic mass is 31.2. The fourth-order valence-electron chi connectivity index (χ4n) is 4.28. The van der Waals surface area contributed by atoms with Gasteiger partial charge in [0.25, 0.3) is 0 Å². The fourth-order valence-corrected chi connectivity index (χ4v) is 4.57. The molecule has 5 nitrogen and oxygen atoms in total. The third kappa shape index (κ3) is 7.37. The first-order valence-electron chi connectivity index (χ1n) is 11.5. The van der Waals surface area contributed by atoms with Gasteiger partial charge in [0.15, 0.2) is 6.35 Å². The molecule has 1 heterocycles. The van der Waals surface area contributed by atoms with Crippen LogP contribution in [0.2, 0.25) is 0 Å². The van der Waals surface area contributed by atoms with E-state index in [2.05, 4.69) is 39.8 Å². The van der Waals surface area contributed by atoms with Crippen LogP contribution in [0.3, 0.4) is 0 Å². The van der Waals surface area contributed by atoms with Gasteiger partial charge in [-0.05, 0) is 81.6 Å². The predicted molar refractivity (Wildman–Crippen MR) is 127 cm³/mol. The highest BCUT2D eigenvalue weighted by Crippen LogP contribution is 2.45. The molecule has 0 saturated carbocycles. The summed E-state index contributed by atoms with van der Waals surface area (Å²) in [6.07, 6.45) is 10.5. The van der Waals surface area contributed by atoms with E-state index in [0.29, 0.717) is 11.7 Å². The monoisotopic (exact) mass is 452 g/mol. The Kier molecular flexibility index (Phi) is 8.84. The second-order valence-electron chi connectivity index (χ2n) is 9.93. The smallest absolute Gasteiger partial charge is 0.362 e. The van der Waals surface area contributed by atoms with Gasteiger partial charge in [0.1, 0.15) is 17.1 Å². The third-order valence-electron chi connectivity index (χ3n) is 6.38. The van der Waals surface area contributed by atoms with E-state index in [1.165, 1.54) is 19.3 Å². The molecule has 0 aliphatic carbocycles. The van der Waals surface area contributed by atoms with Crippen molar-refractivity contribution < 1.29 is 23.8 Å². The van der Waals surface area contributed by atoms with Crippen LogP contribution in [0.5, 0.6) is 11.5 Å². The fraction of sp³-hybridized carbons (Fsp3) is 0.680. The Morgan fingerprint density at radius 1 is 1.13 bits per heavy atom. The summed E-state index contributed by atoms with van der Waals surface area (Å²) in [5, 5.41) is 0. The minimum absolute atomic E-state index is 0.345. The van der Waals surface area contributed by atoms with Crippen LogP contribution in [0.4, 0.5) is 0 Å². The molecule has 1 aliphatic heterocycles. The number of rotatable bonds is 10. The van der Waals surface area contributed by atoms with Crippen molar-refractivity contribution in [3.63, 3.8) is 0 Å². The maximum Gasteiger partial charge on any atom is 0.362 e. The summed E-state index contributed by atoms with van der Waals surface area (Å²) in [6.45, 7) is 14.9. The molecule has 0 bridgehead atoms. The molecule has 0 aromatic heterocycles. The zero-order chi connectivity index (χ0) is 23.4. The van der Waals surface area contributed by atoms with Gasteiger partial charge >= 0.3 is 7.60 Å². The SMILES string of the molecule is Cc1c(C)c2c(c(C)c1OCP(=O)(O)O)CCC(C)(/C=C/CC(C)CCCC(C)C)O2. The Bertz CT molecular complexity index is 839. The van der Waals surface area contributed by atoms with Crippen LogP contribution in [0, 0.1) is 32.6 Å². The van der Waals surface area contributed by atoms with E-state index < -0.39 is 13.9 Å². The van der Waals surface area contributed by atoms with Crippen LogP contribution in [-0.4, -0.2) is 21.7 Å². The van der Waals surface area contributed by atoms with Gasteiger partial charge < -0.3 is 19.3 Å². The van der Waals surface area contributed by atoms with Gasteiger partial charge in [0, 0.05) is 5.56 Å². The average molecular weight is 453 g/mol. The van der Waals surface area contributed by atoms with Gasteiger partial charge in [-0.25, -0.2) is 0 Å². The van der Waals surface area contributed by atoms with Gasteiger partial charge in [0.05, 0.1) is 0 Å². The number of allylic oxidation sites excluding steroid dienone is 1. The summed E-state index contributed by atoms with van der Waals surface area (Å²) >= 11 is 0. The van der Waals surface area contributed by atoms with Crippen LogP contribution in [0.1, 0.15) is 82.1 Å².